The molecule has 0 spiro atoms. The Morgan fingerprint density at radius 1 is 0.750 bits per heavy atom. The van der Waals surface area contributed by atoms with Crippen molar-refractivity contribution in [3.05, 3.63) is 102 Å². The second kappa shape index (κ2) is 8.51. The Hall–Kier alpha value is -2.98. The van der Waals surface area contributed by atoms with Gasteiger partial charge >= 0.3 is 0 Å². The summed E-state index contributed by atoms with van der Waals surface area (Å²) in [5.74, 6) is -6.60. The Morgan fingerprint density at radius 3 is 1.78 bits per heavy atom. The fourth-order valence-electron chi connectivity index (χ4n) is 3.34. The molecular weight excluding hydrogens is 435 g/mol. The van der Waals surface area contributed by atoms with Crippen molar-refractivity contribution in [1.29, 1.82) is 0 Å². The zero-order chi connectivity index (χ0) is 23.0. The lowest BCUT2D eigenvalue weighted by Crippen LogP contribution is -2.28. The molecule has 0 saturated heterocycles. The first-order chi connectivity index (χ1) is 15.2. The summed E-state index contributed by atoms with van der Waals surface area (Å²) in [6, 6.07) is 19.8. The van der Waals surface area contributed by atoms with Crippen molar-refractivity contribution in [3.8, 4) is 5.69 Å². The molecule has 0 atom stereocenters. The molecule has 32 heavy (non-hydrogen) atoms. The first kappa shape index (κ1) is 22.2. The molecule has 3 aromatic carbocycles. The van der Waals surface area contributed by atoms with Gasteiger partial charge in [-0.15, -0.1) is 0 Å². The van der Waals surface area contributed by atoms with Crippen LogP contribution >= 0.6 is 7.92 Å². The largest absolute Gasteiger partial charge is 0.296 e. The van der Waals surface area contributed by atoms with Crippen molar-refractivity contribution in [2.24, 2.45) is 0 Å². The van der Waals surface area contributed by atoms with Crippen molar-refractivity contribution in [2.45, 2.75) is 26.2 Å². The fourth-order valence-corrected chi connectivity index (χ4v) is 5.63. The third-order valence-electron chi connectivity index (χ3n) is 5.03. The summed E-state index contributed by atoms with van der Waals surface area (Å²) >= 11 is 0. The van der Waals surface area contributed by atoms with Gasteiger partial charge in [0, 0.05) is 25.6 Å². The van der Waals surface area contributed by atoms with Crippen molar-refractivity contribution in [1.82, 2.24) is 9.55 Å². The Morgan fingerprint density at radius 2 is 1.28 bits per heavy atom. The van der Waals surface area contributed by atoms with E-state index in [0.29, 0.717) is 17.3 Å². The Kier molecular flexibility index (Phi) is 5.91. The molecule has 1 aromatic heterocycles. The highest BCUT2D eigenvalue weighted by Gasteiger charge is 2.29. The molecular formula is C25H21F4N2P. The minimum absolute atomic E-state index is 0.415. The van der Waals surface area contributed by atoms with Crippen LogP contribution < -0.4 is 16.2 Å². The molecule has 0 aliphatic rings. The van der Waals surface area contributed by atoms with E-state index in [4.69, 9.17) is 4.98 Å². The fraction of sp³-hybridized carbons (Fsp3) is 0.160. The topological polar surface area (TPSA) is 17.8 Å². The van der Waals surface area contributed by atoms with Crippen LogP contribution in [0.25, 0.3) is 5.69 Å². The summed E-state index contributed by atoms with van der Waals surface area (Å²) < 4.78 is 58.1. The average molecular weight is 456 g/mol. The Labute approximate surface area is 185 Å². The number of hydrogen-bond donors (Lipinski definition) is 0. The van der Waals surface area contributed by atoms with Crippen LogP contribution in [-0.4, -0.2) is 9.55 Å². The number of imidazole rings is 1. The maximum atomic E-state index is 14.9. The van der Waals surface area contributed by atoms with Crippen LogP contribution in [0.4, 0.5) is 17.6 Å². The van der Waals surface area contributed by atoms with Crippen LogP contribution in [0, 0.1) is 23.3 Å². The molecule has 7 heteroatoms. The second-order valence-electron chi connectivity index (χ2n) is 8.37. The highest BCUT2D eigenvalue weighted by atomic mass is 31.1. The summed E-state index contributed by atoms with van der Waals surface area (Å²) in [7, 11) is -1.31. The van der Waals surface area contributed by atoms with Gasteiger partial charge in [-0.1, -0.05) is 81.4 Å². The number of benzene rings is 3. The molecule has 0 bridgehead atoms. The van der Waals surface area contributed by atoms with E-state index in [0.717, 1.165) is 10.6 Å². The quantitative estimate of drug-likeness (QED) is 0.172. The van der Waals surface area contributed by atoms with Gasteiger partial charge < -0.3 is 0 Å². The van der Waals surface area contributed by atoms with Gasteiger partial charge in [0.25, 0.3) is 0 Å². The summed E-state index contributed by atoms with van der Waals surface area (Å²) in [4.78, 5) is 4.82. The molecule has 164 valence electrons. The van der Waals surface area contributed by atoms with Crippen molar-refractivity contribution >= 4 is 24.1 Å². The van der Waals surface area contributed by atoms with Gasteiger partial charge in [0.15, 0.2) is 23.3 Å². The predicted molar refractivity (Wildman–Crippen MR) is 121 cm³/mol. The van der Waals surface area contributed by atoms with Crippen LogP contribution in [0.15, 0.2) is 72.9 Å². The zero-order valence-electron chi connectivity index (χ0n) is 17.8. The third kappa shape index (κ3) is 4.07. The van der Waals surface area contributed by atoms with Gasteiger partial charge in [-0.25, -0.2) is 22.5 Å². The number of nitrogens with zero attached hydrogens (tertiary/aromatic N) is 2. The highest BCUT2D eigenvalue weighted by molar-refractivity contribution is 7.79. The molecule has 1 heterocycles. The smallest absolute Gasteiger partial charge is 0.199 e. The maximum Gasteiger partial charge on any atom is 0.199 e. The SMILES string of the molecule is CC(C)(C)c1cn(-c2cc(F)c(F)c(F)c2F)c(P(c2ccccc2)c2ccccc2)n1. The molecule has 0 amide bonds. The zero-order valence-corrected chi connectivity index (χ0v) is 18.7. The van der Waals surface area contributed by atoms with E-state index >= 15 is 0 Å². The first-order valence-corrected chi connectivity index (χ1v) is 11.4. The number of rotatable bonds is 4. The van der Waals surface area contributed by atoms with Gasteiger partial charge in [-0.3, -0.25) is 4.57 Å². The van der Waals surface area contributed by atoms with E-state index in [1.807, 2.05) is 81.4 Å². The monoisotopic (exact) mass is 456 g/mol. The van der Waals surface area contributed by atoms with Crippen molar-refractivity contribution in [3.63, 3.8) is 0 Å². The molecule has 0 radical (unpaired) electrons. The lowest BCUT2D eigenvalue weighted by atomic mass is 9.93. The minimum atomic E-state index is -1.85. The first-order valence-electron chi connectivity index (χ1n) is 10.0. The normalized spacial score (nSPS) is 11.9. The Balaban J connectivity index is 2.05. The molecule has 0 aliphatic heterocycles. The number of aromatic nitrogens is 2. The summed E-state index contributed by atoms with van der Waals surface area (Å²) in [6.07, 6.45) is 1.58. The molecule has 4 aromatic rings. The summed E-state index contributed by atoms with van der Waals surface area (Å²) in [5, 5.41) is 1.87. The molecule has 2 nitrogen and oxygen atoms in total. The van der Waals surface area contributed by atoms with Crippen LogP contribution in [-0.2, 0) is 5.41 Å². The molecule has 0 unspecified atom stereocenters. The standard InChI is InChI=1S/C25H21F4N2P/c1-25(2,3)20-15-31(19-14-18(26)21(27)23(29)22(19)28)24(30-20)32(16-10-6-4-7-11-16)17-12-8-5-9-13-17/h4-15H,1-3H3. The van der Waals surface area contributed by atoms with Gasteiger partial charge in [0.2, 0.25) is 0 Å². The van der Waals surface area contributed by atoms with Gasteiger partial charge in [-0.05, 0) is 10.6 Å². The second-order valence-corrected chi connectivity index (χ2v) is 10.5. The lowest BCUT2D eigenvalue weighted by Gasteiger charge is -2.20. The molecule has 0 aliphatic carbocycles. The maximum absolute atomic E-state index is 14.9. The van der Waals surface area contributed by atoms with Crippen molar-refractivity contribution < 1.29 is 17.6 Å². The van der Waals surface area contributed by atoms with Gasteiger partial charge in [0.05, 0.1) is 11.4 Å². The molecule has 0 N–H and O–H groups in total. The van der Waals surface area contributed by atoms with E-state index in [2.05, 4.69) is 0 Å². The van der Waals surface area contributed by atoms with Gasteiger partial charge in [0.1, 0.15) is 5.57 Å². The highest BCUT2D eigenvalue weighted by Crippen LogP contribution is 2.35. The molecule has 0 fully saturated rings. The van der Waals surface area contributed by atoms with E-state index in [9.17, 15) is 17.6 Å². The lowest BCUT2D eigenvalue weighted by molar-refractivity contribution is 0.407. The summed E-state index contributed by atoms with van der Waals surface area (Å²) in [6.45, 7) is 5.83. The molecule has 4 rings (SSSR count). The van der Waals surface area contributed by atoms with Crippen molar-refractivity contribution in [2.75, 3.05) is 0 Å². The van der Waals surface area contributed by atoms with Crippen LogP contribution in [0.1, 0.15) is 26.5 Å². The van der Waals surface area contributed by atoms with Crippen LogP contribution in [0.3, 0.4) is 0 Å². The molecule has 0 saturated carbocycles. The minimum Gasteiger partial charge on any atom is -0.296 e. The summed E-state index contributed by atoms with van der Waals surface area (Å²) in [5.41, 5.74) is 0.226. The van der Waals surface area contributed by atoms with E-state index < -0.39 is 42.3 Å². The average Bonchev–Trinajstić information content (AvgIpc) is 3.22. The van der Waals surface area contributed by atoms with E-state index in [1.165, 1.54) is 4.57 Å². The van der Waals surface area contributed by atoms with Gasteiger partial charge in [-0.2, -0.15) is 0 Å². The van der Waals surface area contributed by atoms with Crippen LogP contribution in [0.5, 0.6) is 0 Å². The number of hydrogen-bond acceptors (Lipinski definition) is 1. The number of halogens is 4. The Bertz CT molecular complexity index is 1210. The van der Waals surface area contributed by atoms with E-state index in [1.54, 1.807) is 6.20 Å². The third-order valence-corrected chi connectivity index (χ3v) is 7.37. The van der Waals surface area contributed by atoms with Crippen LogP contribution in [0.2, 0.25) is 0 Å². The van der Waals surface area contributed by atoms with E-state index in [-0.39, 0.29) is 0 Å². The predicted octanol–water partition coefficient (Wildman–Crippen LogP) is 5.48.